The number of carboxylic acids is 1. The van der Waals surface area contributed by atoms with E-state index in [0.717, 1.165) is 23.5 Å². The number of thiazole rings is 1. The average molecular weight is 268 g/mol. The Bertz CT molecular complexity index is 454. The lowest BCUT2D eigenvalue weighted by Crippen LogP contribution is -2.39. The maximum atomic E-state index is 11.8. The number of carbonyl (C=O) groups is 2. The van der Waals surface area contributed by atoms with Crippen molar-refractivity contribution >= 4 is 23.2 Å². The number of carboxylic acid groups (broad SMARTS) is 1. The van der Waals surface area contributed by atoms with E-state index in [1.165, 1.54) is 11.3 Å². The van der Waals surface area contributed by atoms with Crippen molar-refractivity contribution < 1.29 is 14.7 Å². The number of aryl methyl sites for hydroxylation is 1. The van der Waals surface area contributed by atoms with Gasteiger partial charge in [-0.05, 0) is 25.7 Å². The van der Waals surface area contributed by atoms with Crippen molar-refractivity contribution in [1.82, 2.24) is 10.3 Å². The highest BCUT2D eigenvalue weighted by Crippen LogP contribution is 2.34. The summed E-state index contributed by atoms with van der Waals surface area (Å²) in [4.78, 5) is 26.8. The van der Waals surface area contributed by atoms with Gasteiger partial charge in [0, 0.05) is 11.4 Å². The van der Waals surface area contributed by atoms with Crippen LogP contribution in [-0.2, 0) is 16.0 Å². The maximum Gasteiger partial charge on any atom is 0.305 e. The Kier molecular flexibility index (Phi) is 3.96. The fourth-order valence-corrected chi connectivity index (χ4v) is 2.55. The smallest absolute Gasteiger partial charge is 0.305 e. The number of nitrogens with one attached hydrogen (secondary N) is 1. The molecule has 1 unspecified atom stereocenters. The molecule has 1 fully saturated rings. The van der Waals surface area contributed by atoms with E-state index in [-0.39, 0.29) is 24.8 Å². The lowest BCUT2D eigenvalue weighted by molar-refractivity contribution is -0.137. The first-order valence-electron chi connectivity index (χ1n) is 5.96. The van der Waals surface area contributed by atoms with Crippen molar-refractivity contribution in [2.45, 2.75) is 38.6 Å². The van der Waals surface area contributed by atoms with Crippen LogP contribution in [0.5, 0.6) is 0 Å². The standard InChI is InChI=1S/C12H16N2O3S/c1-7-13-9(6-18-7)4-11(15)14-10(5-12(16)17)8-2-3-8/h6,8,10H,2-5H2,1H3,(H,14,15)(H,16,17). The molecule has 0 aromatic carbocycles. The van der Waals surface area contributed by atoms with Gasteiger partial charge in [-0.2, -0.15) is 0 Å². The van der Waals surface area contributed by atoms with Crippen LogP contribution in [0.3, 0.4) is 0 Å². The molecule has 1 aromatic heterocycles. The summed E-state index contributed by atoms with van der Waals surface area (Å²) in [6.45, 7) is 1.89. The summed E-state index contributed by atoms with van der Waals surface area (Å²) in [5.41, 5.74) is 0.750. The second-order valence-corrected chi connectivity index (χ2v) is 5.71. The molecule has 1 aliphatic rings. The summed E-state index contributed by atoms with van der Waals surface area (Å²) < 4.78 is 0. The molecular formula is C12H16N2O3S. The van der Waals surface area contributed by atoms with Gasteiger partial charge in [0.05, 0.1) is 23.5 Å². The maximum absolute atomic E-state index is 11.8. The Balaban J connectivity index is 1.86. The molecule has 0 aliphatic heterocycles. The number of rotatable bonds is 6. The molecule has 1 atom stereocenters. The second-order valence-electron chi connectivity index (χ2n) is 4.64. The summed E-state index contributed by atoms with van der Waals surface area (Å²) in [5, 5.41) is 14.4. The third kappa shape index (κ3) is 3.80. The topological polar surface area (TPSA) is 79.3 Å². The van der Waals surface area contributed by atoms with Crippen LogP contribution in [0, 0.1) is 12.8 Å². The fourth-order valence-electron chi connectivity index (χ4n) is 1.93. The normalized spacial score (nSPS) is 16.3. The predicted octanol–water partition coefficient (Wildman–Crippen LogP) is 1.36. The van der Waals surface area contributed by atoms with E-state index in [9.17, 15) is 9.59 Å². The van der Waals surface area contributed by atoms with Crippen LogP contribution in [0.4, 0.5) is 0 Å². The second kappa shape index (κ2) is 5.48. The van der Waals surface area contributed by atoms with E-state index < -0.39 is 5.97 Å². The summed E-state index contributed by atoms with van der Waals surface area (Å²) >= 11 is 1.51. The zero-order chi connectivity index (χ0) is 13.1. The molecule has 0 saturated heterocycles. The van der Waals surface area contributed by atoms with Crippen molar-refractivity contribution in [2.24, 2.45) is 5.92 Å². The number of hydrogen-bond acceptors (Lipinski definition) is 4. The van der Waals surface area contributed by atoms with Gasteiger partial charge in [-0.1, -0.05) is 0 Å². The van der Waals surface area contributed by atoms with E-state index in [2.05, 4.69) is 10.3 Å². The molecule has 0 radical (unpaired) electrons. The minimum Gasteiger partial charge on any atom is -0.481 e. The highest BCUT2D eigenvalue weighted by molar-refractivity contribution is 7.09. The molecule has 6 heteroatoms. The number of amides is 1. The summed E-state index contributed by atoms with van der Waals surface area (Å²) in [7, 11) is 0. The minimum absolute atomic E-state index is 0.00645. The Morgan fingerprint density at radius 2 is 2.33 bits per heavy atom. The van der Waals surface area contributed by atoms with Gasteiger partial charge in [-0.25, -0.2) is 4.98 Å². The number of hydrogen-bond donors (Lipinski definition) is 2. The Morgan fingerprint density at radius 3 is 2.83 bits per heavy atom. The minimum atomic E-state index is -0.864. The third-order valence-electron chi connectivity index (χ3n) is 2.94. The van der Waals surface area contributed by atoms with Crippen LogP contribution in [0.25, 0.3) is 0 Å². The molecule has 2 rings (SSSR count). The lowest BCUT2D eigenvalue weighted by Gasteiger charge is -2.15. The Labute approximate surface area is 109 Å². The van der Waals surface area contributed by atoms with Crippen molar-refractivity contribution in [2.75, 3.05) is 0 Å². The molecule has 2 N–H and O–H groups in total. The zero-order valence-electron chi connectivity index (χ0n) is 10.2. The van der Waals surface area contributed by atoms with Gasteiger partial charge >= 0.3 is 5.97 Å². The van der Waals surface area contributed by atoms with E-state index in [1.807, 2.05) is 12.3 Å². The molecule has 1 saturated carbocycles. The summed E-state index contributed by atoms with van der Waals surface area (Å²) in [5.74, 6) is -0.669. The Hall–Kier alpha value is -1.43. The molecule has 1 aromatic rings. The monoisotopic (exact) mass is 268 g/mol. The van der Waals surface area contributed by atoms with Crippen LogP contribution >= 0.6 is 11.3 Å². The first-order valence-corrected chi connectivity index (χ1v) is 6.84. The molecule has 1 aliphatic carbocycles. The largest absolute Gasteiger partial charge is 0.481 e. The summed E-state index contributed by atoms with van der Waals surface area (Å²) in [6, 6.07) is -0.227. The van der Waals surface area contributed by atoms with Gasteiger partial charge in [0.2, 0.25) is 5.91 Å². The van der Waals surface area contributed by atoms with Gasteiger partial charge in [0.25, 0.3) is 0 Å². The molecule has 1 amide bonds. The van der Waals surface area contributed by atoms with Crippen LogP contribution < -0.4 is 5.32 Å². The number of nitrogens with zero attached hydrogens (tertiary/aromatic N) is 1. The van der Waals surface area contributed by atoms with E-state index in [4.69, 9.17) is 5.11 Å². The summed E-state index contributed by atoms with van der Waals surface area (Å²) in [6.07, 6.45) is 2.25. The van der Waals surface area contributed by atoms with Gasteiger partial charge in [-0.3, -0.25) is 9.59 Å². The fraction of sp³-hybridized carbons (Fsp3) is 0.583. The van der Waals surface area contributed by atoms with Gasteiger partial charge in [0.1, 0.15) is 0 Å². The zero-order valence-corrected chi connectivity index (χ0v) is 11.0. The first-order chi connectivity index (χ1) is 8.54. The molecule has 1 heterocycles. The average Bonchev–Trinajstić information content (AvgIpc) is 3.02. The molecule has 5 nitrogen and oxygen atoms in total. The third-order valence-corrected chi connectivity index (χ3v) is 3.76. The van der Waals surface area contributed by atoms with Crippen LogP contribution in [0.2, 0.25) is 0 Å². The highest BCUT2D eigenvalue weighted by atomic mass is 32.1. The predicted molar refractivity (Wildman–Crippen MR) is 67.5 cm³/mol. The SMILES string of the molecule is Cc1nc(CC(=O)NC(CC(=O)O)C2CC2)cs1. The van der Waals surface area contributed by atoms with Crippen LogP contribution in [0.1, 0.15) is 30.0 Å². The highest BCUT2D eigenvalue weighted by Gasteiger charge is 2.33. The molecule has 98 valence electrons. The van der Waals surface area contributed by atoms with Crippen LogP contribution in [-0.4, -0.2) is 28.0 Å². The van der Waals surface area contributed by atoms with Gasteiger partial charge in [-0.15, -0.1) is 11.3 Å². The van der Waals surface area contributed by atoms with Crippen molar-refractivity contribution in [3.8, 4) is 0 Å². The van der Waals surface area contributed by atoms with E-state index in [1.54, 1.807) is 0 Å². The molecule has 18 heavy (non-hydrogen) atoms. The molecular weight excluding hydrogens is 252 g/mol. The number of aromatic nitrogens is 1. The van der Waals surface area contributed by atoms with E-state index in [0.29, 0.717) is 5.92 Å². The van der Waals surface area contributed by atoms with Crippen molar-refractivity contribution in [3.05, 3.63) is 16.1 Å². The van der Waals surface area contributed by atoms with Crippen molar-refractivity contribution in [1.29, 1.82) is 0 Å². The number of aliphatic carboxylic acids is 1. The Morgan fingerprint density at radius 1 is 1.61 bits per heavy atom. The van der Waals surface area contributed by atoms with Crippen molar-refractivity contribution in [3.63, 3.8) is 0 Å². The lowest BCUT2D eigenvalue weighted by atomic mass is 10.1. The van der Waals surface area contributed by atoms with E-state index >= 15 is 0 Å². The molecule has 0 bridgehead atoms. The first kappa shape index (κ1) is 13.0. The van der Waals surface area contributed by atoms with Gasteiger partial charge in [0.15, 0.2) is 0 Å². The van der Waals surface area contributed by atoms with Gasteiger partial charge < -0.3 is 10.4 Å². The quantitative estimate of drug-likeness (QED) is 0.816. The van der Waals surface area contributed by atoms with Crippen LogP contribution in [0.15, 0.2) is 5.38 Å². The number of carbonyl (C=O) groups excluding carboxylic acids is 1. The molecule has 0 spiro atoms.